The van der Waals surface area contributed by atoms with Crippen LogP contribution < -0.4 is 5.32 Å². The third-order valence-electron chi connectivity index (χ3n) is 3.44. The van der Waals surface area contributed by atoms with Crippen molar-refractivity contribution in [3.8, 4) is 0 Å². The van der Waals surface area contributed by atoms with Crippen molar-refractivity contribution in [2.75, 3.05) is 6.54 Å². The van der Waals surface area contributed by atoms with E-state index in [1.165, 1.54) is 19.3 Å². The third-order valence-corrected chi connectivity index (χ3v) is 3.44. The highest BCUT2D eigenvalue weighted by Gasteiger charge is 2.30. The molecular weight excluding hydrogens is 200 g/mol. The van der Waals surface area contributed by atoms with Gasteiger partial charge in [0, 0.05) is 18.8 Å². The lowest BCUT2D eigenvalue weighted by Crippen LogP contribution is -2.28. The summed E-state index contributed by atoms with van der Waals surface area (Å²) in [5.74, 6) is 0. The zero-order valence-electron chi connectivity index (χ0n) is 10.3. The molecule has 1 aliphatic carbocycles. The Balaban J connectivity index is 1.59. The van der Waals surface area contributed by atoms with E-state index in [9.17, 15) is 0 Å². The molecule has 0 spiro atoms. The van der Waals surface area contributed by atoms with Crippen LogP contribution in [0.2, 0.25) is 0 Å². The van der Waals surface area contributed by atoms with Gasteiger partial charge in [-0.15, -0.1) is 5.10 Å². The van der Waals surface area contributed by atoms with Crippen LogP contribution in [0.1, 0.15) is 39.5 Å². The van der Waals surface area contributed by atoms with Crippen LogP contribution in [0, 0.1) is 5.41 Å². The maximum atomic E-state index is 3.95. The number of aryl methyl sites for hydroxylation is 1. The molecule has 1 atom stereocenters. The summed E-state index contributed by atoms with van der Waals surface area (Å²) < 4.78 is 1.89. The monoisotopic (exact) mass is 222 g/mol. The summed E-state index contributed by atoms with van der Waals surface area (Å²) in [6.07, 6.45) is 8.77. The molecule has 1 unspecified atom stereocenters. The van der Waals surface area contributed by atoms with Gasteiger partial charge >= 0.3 is 0 Å². The van der Waals surface area contributed by atoms with E-state index >= 15 is 0 Å². The van der Waals surface area contributed by atoms with E-state index < -0.39 is 0 Å². The van der Waals surface area contributed by atoms with E-state index in [4.69, 9.17) is 0 Å². The number of hydrogen-bond donors (Lipinski definition) is 1. The second-order valence-corrected chi connectivity index (χ2v) is 5.58. The lowest BCUT2D eigenvalue weighted by molar-refractivity contribution is 0.363. The Morgan fingerprint density at radius 2 is 2.38 bits per heavy atom. The summed E-state index contributed by atoms with van der Waals surface area (Å²) in [4.78, 5) is 0. The van der Waals surface area contributed by atoms with E-state index in [0.29, 0.717) is 5.41 Å². The van der Waals surface area contributed by atoms with Gasteiger partial charge in [0.1, 0.15) is 0 Å². The first-order valence-corrected chi connectivity index (χ1v) is 6.23. The van der Waals surface area contributed by atoms with Crippen LogP contribution in [-0.4, -0.2) is 27.6 Å². The lowest BCUT2D eigenvalue weighted by Gasteiger charge is -2.17. The van der Waals surface area contributed by atoms with Crippen LogP contribution in [0.3, 0.4) is 0 Å². The molecule has 0 bridgehead atoms. The smallest absolute Gasteiger partial charge is 0.0692 e. The molecule has 1 aromatic heterocycles. The summed E-state index contributed by atoms with van der Waals surface area (Å²) in [6.45, 7) is 6.78. The van der Waals surface area contributed by atoms with Gasteiger partial charge in [0.15, 0.2) is 0 Å². The SMILES string of the molecule is CC1(C)CCC(NCCCn2ccnn2)C1. The lowest BCUT2D eigenvalue weighted by atomic mass is 9.92. The highest BCUT2D eigenvalue weighted by Crippen LogP contribution is 2.36. The molecule has 90 valence electrons. The van der Waals surface area contributed by atoms with Crippen LogP contribution in [0.15, 0.2) is 12.4 Å². The van der Waals surface area contributed by atoms with Crippen molar-refractivity contribution in [2.45, 2.75) is 52.1 Å². The van der Waals surface area contributed by atoms with Gasteiger partial charge in [-0.25, -0.2) is 0 Å². The number of nitrogens with zero attached hydrogens (tertiary/aromatic N) is 3. The summed E-state index contributed by atoms with van der Waals surface area (Å²) in [6, 6.07) is 0.728. The molecule has 4 nitrogen and oxygen atoms in total. The first kappa shape index (κ1) is 11.6. The molecule has 0 radical (unpaired) electrons. The van der Waals surface area contributed by atoms with Crippen LogP contribution >= 0.6 is 0 Å². The maximum absolute atomic E-state index is 3.95. The summed E-state index contributed by atoms with van der Waals surface area (Å²) in [7, 11) is 0. The predicted octanol–water partition coefficient (Wildman–Crippen LogP) is 1.84. The van der Waals surface area contributed by atoms with Crippen LogP contribution in [0.5, 0.6) is 0 Å². The summed E-state index contributed by atoms with van der Waals surface area (Å²) >= 11 is 0. The first-order chi connectivity index (χ1) is 7.66. The van der Waals surface area contributed by atoms with E-state index in [-0.39, 0.29) is 0 Å². The molecule has 0 saturated heterocycles. The molecule has 1 aliphatic rings. The minimum absolute atomic E-state index is 0.545. The second-order valence-electron chi connectivity index (χ2n) is 5.58. The molecule has 16 heavy (non-hydrogen) atoms. The van der Waals surface area contributed by atoms with Crippen molar-refractivity contribution in [3.05, 3.63) is 12.4 Å². The van der Waals surface area contributed by atoms with Gasteiger partial charge < -0.3 is 5.32 Å². The standard InChI is InChI=1S/C12H22N4/c1-12(2)5-4-11(10-12)13-6-3-8-16-9-7-14-15-16/h7,9,11,13H,3-6,8,10H2,1-2H3. The predicted molar refractivity (Wildman–Crippen MR) is 64.1 cm³/mol. The van der Waals surface area contributed by atoms with Gasteiger partial charge in [0.05, 0.1) is 6.20 Å². The number of hydrogen-bond acceptors (Lipinski definition) is 3. The van der Waals surface area contributed by atoms with Gasteiger partial charge in [-0.05, 0) is 37.6 Å². The maximum Gasteiger partial charge on any atom is 0.0692 e. The zero-order chi connectivity index (χ0) is 11.4. The van der Waals surface area contributed by atoms with Crippen molar-refractivity contribution in [1.82, 2.24) is 20.3 Å². The number of aromatic nitrogens is 3. The summed E-state index contributed by atoms with van der Waals surface area (Å²) in [5.41, 5.74) is 0.545. The molecule has 0 aromatic carbocycles. The second kappa shape index (κ2) is 4.95. The zero-order valence-corrected chi connectivity index (χ0v) is 10.3. The van der Waals surface area contributed by atoms with Crippen LogP contribution in [0.25, 0.3) is 0 Å². The molecule has 1 saturated carbocycles. The van der Waals surface area contributed by atoms with Crippen molar-refractivity contribution in [3.63, 3.8) is 0 Å². The Bertz CT molecular complexity index is 305. The Hall–Kier alpha value is -0.900. The minimum atomic E-state index is 0.545. The number of nitrogens with one attached hydrogen (secondary N) is 1. The topological polar surface area (TPSA) is 42.7 Å². The van der Waals surface area contributed by atoms with Gasteiger partial charge in [-0.2, -0.15) is 0 Å². The molecule has 1 fully saturated rings. The first-order valence-electron chi connectivity index (χ1n) is 6.23. The average Bonchev–Trinajstić information content (AvgIpc) is 2.82. The minimum Gasteiger partial charge on any atom is -0.314 e. The van der Waals surface area contributed by atoms with E-state index in [2.05, 4.69) is 29.5 Å². The molecule has 0 aliphatic heterocycles. The van der Waals surface area contributed by atoms with Gasteiger partial charge in [0.25, 0.3) is 0 Å². The third kappa shape index (κ3) is 3.30. The Labute approximate surface area is 97.4 Å². The molecule has 1 aromatic rings. The fourth-order valence-electron chi connectivity index (χ4n) is 2.51. The Kier molecular flexibility index (Phi) is 3.59. The Morgan fingerprint density at radius 3 is 3.00 bits per heavy atom. The average molecular weight is 222 g/mol. The van der Waals surface area contributed by atoms with Crippen molar-refractivity contribution in [1.29, 1.82) is 0 Å². The van der Waals surface area contributed by atoms with Gasteiger partial charge in [-0.1, -0.05) is 19.1 Å². The number of rotatable bonds is 5. The van der Waals surface area contributed by atoms with Gasteiger partial charge in [-0.3, -0.25) is 4.68 Å². The molecular formula is C12H22N4. The molecule has 1 heterocycles. The molecule has 2 rings (SSSR count). The fraction of sp³-hybridized carbons (Fsp3) is 0.833. The van der Waals surface area contributed by atoms with Crippen molar-refractivity contribution < 1.29 is 0 Å². The highest BCUT2D eigenvalue weighted by molar-refractivity contribution is 4.86. The van der Waals surface area contributed by atoms with Crippen LogP contribution in [0.4, 0.5) is 0 Å². The largest absolute Gasteiger partial charge is 0.314 e. The molecule has 4 heteroatoms. The molecule has 0 amide bonds. The Morgan fingerprint density at radius 1 is 1.50 bits per heavy atom. The van der Waals surface area contributed by atoms with E-state index in [1.54, 1.807) is 6.20 Å². The molecule has 1 N–H and O–H groups in total. The van der Waals surface area contributed by atoms with E-state index in [1.807, 2.05) is 10.9 Å². The normalized spacial score (nSPS) is 23.8. The van der Waals surface area contributed by atoms with Crippen molar-refractivity contribution in [2.24, 2.45) is 5.41 Å². The fourth-order valence-corrected chi connectivity index (χ4v) is 2.51. The highest BCUT2D eigenvalue weighted by atomic mass is 15.4. The van der Waals surface area contributed by atoms with Crippen LogP contribution in [-0.2, 0) is 6.54 Å². The van der Waals surface area contributed by atoms with Crippen molar-refractivity contribution >= 4 is 0 Å². The van der Waals surface area contributed by atoms with E-state index in [0.717, 1.165) is 25.6 Å². The van der Waals surface area contributed by atoms with Gasteiger partial charge in [0.2, 0.25) is 0 Å². The quantitative estimate of drug-likeness (QED) is 0.773. The summed E-state index contributed by atoms with van der Waals surface area (Å²) in [5, 5.41) is 11.4.